The van der Waals surface area contributed by atoms with Crippen molar-refractivity contribution in [2.24, 2.45) is 5.92 Å². The summed E-state index contributed by atoms with van der Waals surface area (Å²) in [5, 5.41) is 12.4. The zero-order valence-corrected chi connectivity index (χ0v) is 10.4. The van der Waals surface area contributed by atoms with Crippen LogP contribution in [0.4, 0.5) is 5.69 Å². The number of para-hydroxylation sites is 2. The van der Waals surface area contributed by atoms with E-state index in [9.17, 15) is 9.90 Å². The lowest BCUT2D eigenvalue weighted by atomic mass is 9.89. The first kappa shape index (κ1) is 11.8. The summed E-state index contributed by atoms with van der Waals surface area (Å²) in [6, 6.07) is 6.76. The van der Waals surface area contributed by atoms with Gasteiger partial charge in [0.1, 0.15) is 5.75 Å². The molecule has 5 heteroatoms. The second-order valence-corrected chi connectivity index (χ2v) is 4.77. The van der Waals surface area contributed by atoms with Crippen molar-refractivity contribution < 1.29 is 9.90 Å². The van der Waals surface area contributed by atoms with Crippen LogP contribution in [0, 0.1) is 5.92 Å². The maximum absolute atomic E-state index is 12.2. The molecule has 0 fully saturated rings. The Morgan fingerprint density at radius 1 is 1.42 bits per heavy atom. The van der Waals surface area contributed by atoms with Crippen LogP contribution in [0.15, 0.2) is 30.6 Å². The summed E-state index contributed by atoms with van der Waals surface area (Å²) in [5.74, 6) is -0.0387. The van der Waals surface area contributed by atoms with Crippen LogP contribution in [0.3, 0.4) is 0 Å². The van der Waals surface area contributed by atoms with E-state index in [1.54, 1.807) is 30.6 Å². The van der Waals surface area contributed by atoms with Crippen LogP contribution >= 0.6 is 0 Å². The van der Waals surface area contributed by atoms with Crippen molar-refractivity contribution in [1.29, 1.82) is 0 Å². The van der Waals surface area contributed by atoms with Gasteiger partial charge < -0.3 is 15.4 Å². The van der Waals surface area contributed by atoms with Gasteiger partial charge in [0.05, 0.1) is 17.7 Å². The number of hydrogen-bond donors (Lipinski definition) is 3. The number of aromatic hydroxyl groups is 1. The number of carbonyl (C=O) groups is 1. The van der Waals surface area contributed by atoms with Crippen molar-refractivity contribution in [3.05, 3.63) is 42.0 Å². The van der Waals surface area contributed by atoms with Gasteiger partial charge in [-0.1, -0.05) is 12.1 Å². The number of amides is 1. The molecule has 0 radical (unpaired) electrons. The number of carbonyl (C=O) groups excluding carboxylic acids is 1. The lowest BCUT2D eigenvalue weighted by molar-refractivity contribution is -0.120. The molecule has 1 aliphatic rings. The number of aromatic amines is 1. The van der Waals surface area contributed by atoms with Crippen molar-refractivity contribution in [2.45, 2.75) is 19.3 Å². The predicted molar refractivity (Wildman–Crippen MR) is 70.8 cm³/mol. The predicted octanol–water partition coefficient (Wildman–Crippen LogP) is 1.86. The van der Waals surface area contributed by atoms with Gasteiger partial charge in [0, 0.05) is 18.0 Å². The number of phenols is 1. The van der Waals surface area contributed by atoms with Gasteiger partial charge in [-0.15, -0.1) is 0 Å². The van der Waals surface area contributed by atoms with Crippen LogP contribution < -0.4 is 5.32 Å². The molecule has 1 heterocycles. The molecule has 3 N–H and O–H groups in total. The third kappa shape index (κ3) is 2.31. The largest absolute Gasteiger partial charge is 0.506 e. The summed E-state index contributed by atoms with van der Waals surface area (Å²) in [6.07, 6.45) is 3.96. The Hall–Kier alpha value is -2.30. The highest BCUT2D eigenvalue weighted by Crippen LogP contribution is 2.26. The molecule has 1 aromatic heterocycles. The molecular weight excluding hydrogens is 242 g/mol. The fourth-order valence-electron chi connectivity index (χ4n) is 2.44. The number of fused-ring (bicyclic) bond motifs is 1. The topological polar surface area (TPSA) is 78.0 Å². The van der Waals surface area contributed by atoms with E-state index in [0.29, 0.717) is 12.1 Å². The minimum Gasteiger partial charge on any atom is -0.506 e. The summed E-state index contributed by atoms with van der Waals surface area (Å²) in [7, 11) is 0. The number of anilines is 1. The first-order valence-electron chi connectivity index (χ1n) is 6.34. The number of rotatable bonds is 2. The summed E-state index contributed by atoms with van der Waals surface area (Å²) in [4.78, 5) is 19.5. The fraction of sp³-hybridized carbons (Fsp3) is 0.286. The lowest BCUT2D eigenvalue weighted by Crippen LogP contribution is -2.28. The van der Waals surface area contributed by atoms with Gasteiger partial charge in [-0.25, -0.2) is 4.98 Å². The number of hydrogen-bond acceptors (Lipinski definition) is 3. The van der Waals surface area contributed by atoms with Gasteiger partial charge >= 0.3 is 0 Å². The minimum atomic E-state index is -0.0763. The van der Waals surface area contributed by atoms with Crippen LogP contribution in [0.25, 0.3) is 0 Å². The highest BCUT2D eigenvalue weighted by atomic mass is 16.3. The van der Waals surface area contributed by atoms with Crippen LogP contribution in [-0.2, 0) is 17.6 Å². The molecular formula is C14H15N3O2. The highest BCUT2D eigenvalue weighted by Gasteiger charge is 2.26. The van der Waals surface area contributed by atoms with Crippen molar-refractivity contribution in [3.8, 4) is 5.75 Å². The van der Waals surface area contributed by atoms with E-state index in [-0.39, 0.29) is 17.6 Å². The number of benzene rings is 1. The normalized spacial score (nSPS) is 17.8. The van der Waals surface area contributed by atoms with E-state index in [1.165, 1.54) is 0 Å². The summed E-state index contributed by atoms with van der Waals surface area (Å²) < 4.78 is 0. The van der Waals surface area contributed by atoms with Crippen molar-refractivity contribution in [1.82, 2.24) is 9.97 Å². The van der Waals surface area contributed by atoms with Gasteiger partial charge in [-0.2, -0.15) is 0 Å². The summed E-state index contributed by atoms with van der Waals surface area (Å²) >= 11 is 0. The smallest absolute Gasteiger partial charge is 0.227 e. The van der Waals surface area contributed by atoms with Crippen molar-refractivity contribution in [3.63, 3.8) is 0 Å². The molecule has 5 nitrogen and oxygen atoms in total. The van der Waals surface area contributed by atoms with Crippen molar-refractivity contribution in [2.75, 3.05) is 5.32 Å². The van der Waals surface area contributed by atoms with E-state index < -0.39 is 0 Å². The second kappa shape index (κ2) is 4.76. The molecule has 1 atom stereocenters. The molecule has 0 aliphatic heterocycles. The number of nitrogens with one attached hydrogen (secondary N) is 2. The van der Waals surface area contributed by atoms with Crippen LogP contribution in [0.5, 0.6) is 5.75 Å². The summed E-state index contributed by atoms with van der Waals surface area (Å²) in [6.45, 7) is 0. The second-order valence-electron chi connectivity index (χ2n) is 4.77. The number of H-pyrrole nitrogens is 1. The van der Waals surface area contributed by atoms with Crippen molar-refractivity contribution >= 4 is 11.6 Å². The zero-order valence-electron chi connectivity index (χ0n) is 10.4. The van der Waals surface area contributed by atoms with E-state index in [2.05, 4.69) is 15.3 Å². The molecule has 1 amide bonds. The molecule has 2 aromatic rings. The number of imidazole rings is 1. The van der Waals surface area contributed by atoms with Gasteiger partial charge in [0.25, 0.3) is 0 Å². The summed E-state index contributed by atoms with van der Waals surface area (Å²) in [5.41, 5.74) is 2.57. The SMILES string of the molecule is O=C(Nc1ccccc1O)C1CCc2nc[nH]c2C1. The Labute approximate surface area is 110 Å². The third-order valence-corrected chi connectivity index (χ3v) is 3.52. The average molecular weight is 257 g/mol. The zero-order chi connectivity index (χ0) is 13.2. The van der Waals surface area contributed by atoms with Gasteiger partial charge in [0.15, 0.2) is 0 Å². The first-order chi connectivity index (χ1) is 9.24. The molecule has 0 saturated carbocycles. The Bertz CT molecular complexity index is 606. The number of phenolic OH excluding ortho intramolecular Hbond substituents is 1. The monoisotopic (exact) mass is 257 g/mol. The third-order valence-electron chi connectivity index (χ3n) is 3.52. The molecule has 3 rings (SSSR count). The molecule has 1 aromatic carbocycles. The quantitative estimate of drug-likeness (QED) is 0.718. The lowest BCUT2D eigenvalue weighted by Gasteiger charge is -2.20. The van der Waals surface area contributed by atoms with E-state index in [4.69, 9.17) is 0 Å². The van der Waals surface area contributed by atoms with Crippen LogP contribution in [0.2, 0.25) is 0 Å². The maximum atomic E-state index is 12.2. The Kier molecular flexibility index (Phi) is 2.95. The fourth-order valence-corrected chi connectivity index (χ4v) is 2.44. The molecule has 1 aliphatic carbocycles. The number of aromatic nitrogens is 2. The molecule has 0 bridgehead atoms. The Morgan fingerprint density at radius 2 is 2.26 bits per heavy atom. The molecule has 19 heavy (non-hydrogen) atoms. The van der Waals surface area contributed by atoms with Gasteiger partial charge in [-0.3, -0.25) is 4.79 Å². The standard InChI is InChI=1S/C14H15N3O2/c18-13-4-2-1-3-11(13)17-14(19)9-5-6-10-12(7-9)16-8-15-10/h1-4,8-9,18H,5-7H2,(H,15,16)(H,17,19). The Morgan fingerprint density at radius 3 is 3.11 bits per heavy atom. The van der Waals surface area contributed by atoms with E-state index in [0.717, 1.165) is 24.2 Å². The molecule has 1 unspecified atom stereocenters. The minimum absolute atomic E-state index is 0.0539. The highest BCUT2D eigenvalue weighted by molar-refractivity contribution is 5.94. The van der Waals surface area contributed by atoms with Crippen LogP contribution in [-0.4, -0.2) is 21.0 Å². The number of nitrogens with zero attached hydrogens (tertiary/aromatic N) is 1. The van der Waals surface area contributed by atoms with Gasteiger partial charge in [0.2, 0.25) is 5.91 Å². The molecule has 0 spiro atoms. The average Bonchev–Trinajstić information content (AvgIpc) is 2.88. The number of aryl methyl sites for hydroxylation is 1. The van der Waals surface area contributed by atoms with E-state index in [1.807, 2.05) is 0 Å². The van der Waals surface area contributed by atoms with E-state index >= 15 is 0 Å². The molecule has 0 saturated heterocycles. The van der Waals surface area contributed by atoms with Gasteiger partial charge in [-0.05, 0) is 25.0 Å². The Balaban J connectivity index is 1.71. The molecule has 98 valence electrons. The first-order valence-corrected chi connectivity index (χ1v) is 6.34. The van der Waals surface area contributed by atoms with Crippen LogP contribution in [0.1, 0.15) is 17.8 Å². The maximum Gasteiger partial charge on any atom is 0.227 e.